The molecule has 24 N–H and O–H groups in total. The number of aliphatic hydroxyl groups is 24. The highest BCUT2D eigenvalue weighted by molar-refractivity contribution is 7.80. The van der Waals surface area contributed by atoms with Crippen molar-refractivity contribution in [2.24, 2.45) is 5.92 Å². The van der Waals surface area contributed by atoms with Gasteiger partial charge >= 0.3 is 0 Å². The number of hydrogen-bond donors (Lipinski definition) is 25. The smallest absolute Gasteiger partial charge is 0.187 e. The summed E-state index contributed by atoms with van der Waals surface area (Å²) < 4.78 is 94.3. The number of aliphatic hydroxyl groups excluding tert-OH is 24. The first-order valence-electron chi connectivity index (χ1n) is 30.1. The van der Waals surface area contributed by atoms with Crippen molar-refractivity contribution in [3.8, 4) is 0 Å². The standard InChI is InChI=1S/C52H90O40S/c1-13-22(60)23(61)14(5-53)79-45(13)91-44-31(69)27(65)18(9-57)83-52(44)89-41-21(86-46(77-3-2-4-93)38(76)42(41)90-48-35(73)29(67)25(63)16(7-55)81-48)12-78-51-43(30(68)26(64)17(8-56)82-51)92-50-37(75)33(71)40(20(11-59)85-50)88-49-36(74)32(70)39(19(10-58)84-49)87-47-34(72)28(66)24(62)15(6-54)80-47/h13-76,93H,2-12H2,1H3/t13-,14?,15?,16?,17?,18?,19?,20?,21?,22?,23+,24-,25+,26+,27+,28?,29?,30?,31?,32?,33?,34-,35-,36-,37-,38-,39-,40+,41+,42?,43-,44-,45-,46-,47+,48-,49-,50+,51+,52-/m0/s1. The summed E-state index contributed by atoms with van der Waals surface area (Å²) >= 11 is 4.19. The van der Waals surface area contributed by atoms with Crippen molar-refractivity contribution in [3.63, 3.8) is 0 Å². The molecule has 93 heavy (non-hydrogen) atoms. The second kappa shape index (κ2) is 34.4. The minimum Gasteiger partial charge on any atom is -0.394 e. The maximum Gasteiger partial charge on any atom is 0.187 e. The van der Waals surface area contributed by atoms with Gasteiger partial charge in [0.05, 0.1) is 65.6 Å². The van der Waals surface area contributed by atoms with Crippen LogP contribution >= 0.6 is 12.6 Å². The van der Waals surface area contributed by atoms with Gasteiger partial charge in [-0.05, 0) is 12.2 Å². The molecule has 0 aromatic carbocycles. The van der Waals surface area contributed by atoms with Crippen molar-refractivity contribution in [2.45, 2.75) is 253 Å². The van der Waals surface area contributed by atoms with Crippen molar-refractivity contribution in [1.82, 2.24) is 0 Å². The van der Waals surface area contributed by atoms with Crippen LogP contribution in [-0.4, -0.2) is 427 Å². The average Bonchev–Trinajstić information content (AvgIpc) is 0.785. The van der Waals surface area contributed by atoms with E-state index in [4.69, 9.17) is 75.8 Å². The van der Waals surface area contributed by atoms with Gasteiger partial charge < -0.3 is 198 Å². The van der Waals surface area contributed by atoms with Crippen LogP contribution in [0.2, 0.25) is 0 Å². The molecule has 0 saturated carbocycles. The Morgan fingerprint density at radius 2 is 0.559 bits per heavy atom. The topological polar surface area (TPSA) is 633 Å². The van der Waals surface area contributed by atoms with E-state index in [9.17, 15) is 123 Å². The molecular formula is C52H90O40S. The van der Waals surface area contributed by atoms with E-state index in [1.54, 1.807) is 0 Å². The Morgan fingerprint density at radius 3 is 0.989 bits per heavy atom. The molecule has 0 radical (unpaired) electrons. The number of rotatable bonds is 26. The highest BCUT2D eigenvalue weighted by Gasteiger charge is 2.60. The van der Waals surface area contributed by atoms with E-state index in [0.717, 1.165) is 0 Å². The molecule has 8 heterocycles. The molecule has 0 aliphatic carbocycles. The fourth-order valence-electron chi connectivity index (χ4n) is 11.9. The summed E-state index contributed by atoms with van der Waals surface area (Å²) in [7, 11) is 0. The monoisotopic (exact) mass is 1390 g/mol. The number of ether oxygens (including phenoxy) is 16. The van der Waals surface area contributed by atoms with Crippen molar-refractivity contribution in [1.29, 1.82) is 0 Å². The summed E-state index contributed by atoms with van der Waals surface area (Å²) in [5.41, 5.74) is 0. The van der Waals surface area contributed by atoms with Crippen molar-refractivity contribution >= 4 is 12.6 Å². The summed E-state index contributed by atoms with van der Waals surface area (Å²) in [6, 6.07) is 0. The molecule has 16 unspecified atom stereocenters. The van der Waals surface area contributed by atoms with E-state index in [0.29, 0.717) is 0 Å². The molecule has 0 aromatic heterocycles. The molecule has 0 bridgehead atoms. The van der Waals surface area contributed by atoms with Gasteiger partial charge in [0.15, 0.2) is 50.3 Å². The first-order chi connectivity index (χ1) is 44.2. The Labute approximate surface area is 533 Å². The molecule has 8 aliphatic heterocycles. The van der Waals surface area contributed by atoms with Crippen LogP contribution in [0, 0.1) is 5.92 Å². The highest BCUT2D eigenvalue weighted by atomic mass is 32.1. The summed E-state index contributed by atoms with van der Waals surface area (Å²) in [5.74, 6) is -0.954. The van der Waals surface area contributed by atoms with Crippen LogP contribution in [-0.2, 0) is 75.8 Å². The van der Waals surface area contributed by atoms with Gasteiger partial charge in [-0.2, -0.15) is 12.6 Å². The maximum absolute atomic E-state index is 12.2. The fraction of sp³-hybridized carbons (Fsp3) is 1.00. The molecular weight excluding hydrogens is 1300 g/mol. The molecule has 40 atom stereocenters. The maximum atomic E-state index is 12.2. The average molecular weight is 1390 g/mol. The Kier molecular flexibility index (Phi) is 28.7. The lowest BCUT2D eigenvalue weighted by atomic mass is 9.92. The first-order valence-corrected chi connectivity index (χ1v) is 30.7. The second-order valence-electron chi connectivity index (χ2n) is 23.7. The third-order valence-corrected chi connectivity index (χ3v) is 17.9. The minimum absolute atomic E-state index is 0.208. The first kappa shape index (κ1) is 77.5. The van der Waals surface area contributed by atoms with Crippen LogP contribution in [0.25, 0.3) is 0 Å². The molecule has 8 saturated heterocycles. The van der Waals surface area contributed by atoms with Gasteiger partial charge in [-0.1, -0.05) is 6.92 Å². The van der Waals surface area contributed by atoms with Crippen LogP contribution in [0.5, 0.6) is 0 Å². The predicted molar refractivity (Wildman–Crippen MR) is 290 cm³/mol. The van der Waals surface area contributed by atoms with E-state index in [1.165, 1.54) is 6.92 Å². The summed E-state index contributed by atoms with van der Waals surface area (Å²) in [6.07, 6.45) is -75.9. The zero-order chi connectivity index (χ0) is 68.2. The Hall–Kier alpha value is -1.25. The third kappa shape index (κ3) is 16.7. The van der Waals surface area contributed by atoms with E-state index >= 15 is 0 Å². The molecule has 8 aliphatic rings. The fourth-order valence-corrected chi connectivity index (χ4v) is 12.0. The Bertz CT molecular complexity index is 2210. The summed E-state index contributed by atoms with van der Waals surface area (Å²) in [4.78, 5) is 0. The minimum atomic E-state index is -2.33. The quantitative estimate of drug-likeness (QED) is 0.0282. The predicted octanol–water partition coefficient (Wildman–Crippen LogP) is -15.8. The van der Waals surface area contributed by atoms with Gasteiger partial charge in [0.1, 0.15) is 183 Å². The number of hydrogen-bond acceptors (Lipinski definition) is 41. The van der Waals surface area contributed by atoms with Crippen LogP contribution in [0.1, 0.15) is 13.3 Å². The van der Waals surface area contributed by atoms with Crippen molar-refractivity contribution in [2.75, 3.05) is 65.2 Å². The lowest BCUT2D eigenvalue weighted by Crippen LogP contribution is -2.68. The molecule has 40 nitrogen and oxygen atoms in total. The van der Waals surface area contributed by atoms with E-state index in [1.807, 2.05) is 0 Å². The molecule has 0 amide bonds. The van der Waals surface area contributed by atoms with E-state index < -0.39 is 298 Å². The summed E-state index contributed by atoms with van der Waals surface area (Å²) in [5, 5.41) is 260. The normalized spacial score (nSPS) is 51.8. The Balaban J connectivity index is 1.07. The summed E-state index contributed by atoms with van der Waals surface area (Å²) in [6.45, 7) is -6.77. The zero-order valence-corrected chi connectivity index (χ0v) is 50.5. The van der Waals surface area contributed by atoms with Crippen LogP contribution < -0.4 is 0 Å². The van der Waals surface area contributed by atoms with Crippen LogP contribution in [0.3, 0.4) is 0 Å². The molecule has 544 valence electrons. The molecule has 41 heteroatoms. The highest BCUT2D eigenvalue weighted by Crippen LogP contribution is 2.40. The zero-order valence-electron chi connectivity index (χ0n) is 49.6. The SMILES string of the molecule is C[C@H]1C(O)[C@H](O)C(CO)O[C@H]1O[C@H]1C(O)[C@H](O)C(CO)O[C@H]1O[C@@H]1C(CO[C@@H]2OC(CO)[C@@H](O)C(O)[C@@H]2O[C@H]2OC(CO)[C@@H](O[C@@H]3OC(CO)[C@H](O[C@H]4OC(CO)[C@H](O)C(O)[C@@H]4O)C(O)[C@@H]3O)C(O)[C@@H]2O)O[C@H](OCCCS)[C@@H](O)C1O[C@@H]1OC(CO)[C@@H](O)C(O)[C@@H]1O. The molecule has 8 rings (SSSR count). The molecule has 0 spiro atoms. The lowest BCUT2D eigenvalue weighted by molar-refractivity contribution is -0.405. The van der Waals surface area contributed by atoms with E-state index in [-0.39, 0.29) is 18.8 Å². The van der Waals surface area contributed by atoms with Crippen LogP contribution in [0.4, 0.5) is 0 Å². The number of thiol groups is 1. The molecule has 8 fully saturated rings. The van der Waals surface area contributed by atoms with Gasteiger partial charge in [-0.25, -0.2) is 0 Å². The van der Waals surface area contributed by atoms with Gasteiger partial charge in [-0.15, -0.1) is 0 Å². The van der Waals surface area contributed by atoms with Crippen molar-refractivity contribution in [3.05, 3.63) is 0 Å². The van der Waals surface area contributed by atoms with Gasteiger partial charge in [0, 0.05) is 5.92 Å². The molecule has 0 aromatic rings. The second-order valence-corrected chi connectivity index (χ2v) is 24.2. The van der Waals surface area contributed by atoms with E-state index in [2.05, 4.69) is 12.6 Å². The largest absolute Gasteiger partial charge is 0.394 e. The lowest BCUT2D eigenvalue weighted by Gasteiger charge is -2.51. The van der Waals surface area contributed by atoms with Gasteiger partial charge in [0.2, 0.25) is 0 Å². The van der Waals surface area contributed by atoms with Crippen molar-refractivity contribution < 1.29 is 198 Å². The van der Waals surface area contributed by atoms with Crippen LogP contribution in [0.15, 0.2) is 0 Å². The third-order valence-electron chi connectivity index (χ3n) is 17.5. The van der Waals surface area contributed by atoms with Gasteiger partial charge in [-0.3, -0.25) is 0 Å². The Morgan fingerprint density at radius 1 is 0.258 bits per heavy atom. The van der Waals surface area contributed by atoms with Gasteiger partial charge in [0.25, 0.3) is 0 Å².